The van der Waals surface area contributed by atoms with Crippen LogP contribution in [0.5, 0.6) is 5.75 Å². The molecule has 0 unspecified atom stereocenters. The van der Waals surface area contributed by atoms with Crippen LogP contribution in [0, 0.1) is 0 Å². The van der Waals surface area contributed by atoms with Gasteiger partial charge in [0.1, 0.15) is 18.0 Å². The molecule has 2 amide bonds. The first-order valence-corrected chi connectivity index (χ1v) is 9.43. The molecule has 144 valence electrons. The summed E-state index contributed by atoms with van der Waals surface area (Å²) in [7, 11) is 0. The fourth-order valence-electron chi connectivity index (χ4n) is 3.74. The van der Waals surface area contributed by atoms with Gasteiger partial charge in [-0.05, 0) is 36.4 Å². The first kappa shape index (κ1) is 18.1. The third-order valence-corrected chi connectivity index (χ3v) is 5.27. The van der Waals surface area contributed by atoms with Crippen molar-refractivity contribution >= 4 is 17.5 Å². The monoisotopic (exact) mass is 377 g/mol. The van der Waals surface area contributed by atoms with Gasteiger partial charge in [0.15, 0.2) is 0 Å². The Bertz CT molecular complexity index is 899. The van der Waals surface area contributed by atoms with Crippen LogP contribution in [-0.4, -0.2) is 42.1 Å². The van der Waals surface area contributed by atoms with E-state index < -0.39 is 5.66 Å². The van der Waals surface area contributed by atoms with E-state index in [0.717, 1.165) is 5.69 Å². The van der Waals surface area contributed by atoms with Gasteiger partial charge in [0.2, 0.25) is 0 Å². The molecule has 2 aliphatic rings. The van der Waals surface area contributed by atoms with Gasteiger partial charge in [-0.3, -0.25) is 9.59 Å². The Balaban J connectivity index is 1.41. The van der Waals surface area contributed by atoms with E-state index in [9.17, 15) is 9.59 Å². The fourth-order valence-corrected chi connectivity index (χ4v) is 3.74. The Hall–Kier alpha value is -3.28. The minimum atomic E-state index is -0.495. The van der Waals surface area contributed by atoms with Gasteiger partial charge >= 0.3 is 0 Å². The number of piperidine rings is 1. The second-order valence-corrected chi connectivity index (χ2v) is 7.12. The number of nitrogens with one attached hydrogen (secondary N) is 2. The summed E-state index contributed by atoms with van der Waals surface area (Å²) in [5.41, 5.74) is 1.64. The molecule has 4 rings (SSSR count). The Kier molecular flexibility index (Phi) is 4.77. The number of carbonyl (C=O) groups is 2. The Labute approximate surface area is 164 Å². The number of anilines is 1. The lowest BCUT2D eigenvalue weighted by atomic mass is 9.92. The molecule has 2 N–H and O–H groups in total. The van der Waals surface area contributed by atoms with E-state index in [1.54, 1.807) is 30.3 Å². The highest BCUT2D eigenvalue weighted by Crippen LogP contribution is 2.31. The molecular formula is C22H23N3O3. The van der Waals surface area contributed by atoms with Gasteiger partial charge in [0.05, 0.1) is 5.56 Å². The predicted octanol–water partition coefficient (Wildman–Crippen LogP) is 3.04. The normalized spacial score (nSPS) is 17.3. The van der Waals surface area contributed by atoms with Crippen molar-refractivity contribution < 1.29 is 14.3 Å². The number of fused-ring (bicyclic) bond motifs is 1. The number of hydrogen-bond acceptors (Lipinski definition) is 4. The lowest BCUT2D eigenvalue weighted by Gasteiger charge is -2.45. The van der Waals surface area contributed by atoms with Gasteiger partial charge in [-0.2, -0.15) is 0 Å². The van der Waals surface area contributed by atoms with Crippen LogP contribution in [-0.2, 0) is 0 Å². The number of benzene rings is 2. The number of ether oxygens (including phenoxy) is 1. The zero-order valence-corrected chi connectivity index (χ0v) is 15.6. The van der Waals surface area contributed by atoms with Gasteiger partial charge in [0, 0.05) is 37.2 Å². The zero-order valence-electron chi connectivity index (χ0n) is 15.6. The highest BCUT2D eigenvalue weighted by atomic mass is 16.5. The van der Waals surface area contributed by atoms with E-state index in [0.29, 0.717) is 49.4 Å². The lowest BCUT2D eigenvalue weighted by Crippen LogP contribution is -2.62. The van der Waals surface area contributed by atoms with E-state index >= 15 is 0 Å². The Morgan fingerprint density at radius 3 is 2.54 bits per heavy atom. The summed E-state index contributed by atoms with van der Waals surface area (Å²) in [5, 5.41) is 6.58. The maximum Gasteiger partial charge on any atom is 0.255 e. The Morgan fingerprint density at radius 2 is 1.82 bits per heavy atom. The molecule has 0 atom stereocenters. The number of rotatable bonds is 4. The number of para-hydroxylation sites is 1. The molecule has 0 aromatic heterocycles. The fraction of sp³-hybridized carbons (Fsp3) is 0.273. The van der Waals surface area contributed by atoms with E-state index in [-0.39, 0.29) is 11.8 Å². The van der Waals surface area contributed by atoms with Gasteiger partial charge in [-0.15, -0.1) is 0 Å². The molecule has 2 aromatic carbocycles. The second kappa shape index (κ2) is 7.38. The molecule has 0 radical (unpaired) electrons. The average Bonchev–Trinajstić information content (AvgIpc) is 2.73. The summed E-state index contributed by atoms with van der Waals surface area (Å²) in [4.78, 5) is 27.1. The molecule has 2 aromatic rings. The number of nitrogens with zero attached hydrogens (tertiary/aromatic N) is 1. The molecule has 0 aliphatic carbocycles. The molecule has 1 fully saturated rings. The predicted molar refractivity (Wildman–Crippen MR) is 108 cm³/mol. The second-order valence-electron chi connectivity index (χ2n) is 7.12. The molecule has 0 saturated carbocycles. The first-order chi connectivity index (χ1) is 13.6. The SMILES string of the molecule is C=CCOc1ccc(C(=O)N2CCC3(CC2)NC(=O)c2ccccc2N3)cc1. The maximum absolute atomic E-state index is 12.8. The molecular weight excluding hydrogens is 354 g/mol. The molecule has 6 heteroatoms. The minimum absolute atomic E-state index is 0.00680. The lowest BCUT2D eigenvalue weighted by molar-refractivity contribution is 0.0639. The molecule has 0 bridgehead atoms. The summed E-state index contributed by atoms with van der Waals surface area (Å²) in [6.45, 7) is 5.20. The van der Waals surface area contributed by atoms with Crippen molar-refractivity contribution in [1.82, 2.24) is 10.2 Å². The van der Waals surface area contributed by atoms with Gasteiger partial charge in [0.25, 0.3) is 11.8 Å². The number of hydrogen-bond donors (Lipinski definition) is 2. The van der Waals surface area contributed by atoms with Crippen molar-refractivity contribution in [2.45, 2.75) is 18.5 Å². The summed E-state index contributed by atoms with van der Waals surface area (Å²) in [5.74, 6) is 0.638. The summed E-state index contributed by atoms with van der Waals surface area (Å²) >= 11 is 0. The van der Waals surface area contributed by atoms with Gasteiger partial charge < -0.3 is 20.3 Å². The summed E-state index contributed by atoms with van der Waals surface area (Å²) in [6.07, 6.45) is 2.98. The van der Waals surface area contributed by atoms with Crippen LogP contribution in [0.15, 0.2) is 61.2 Å². The van der Waals surface area contributed by atoms with E-state index in [2.05, 4.69) is 17.2 Å². The Morgan fingerprint density at radius 1 is 1.11 bits per heavy atom. The van der Waals surface area contributed by atoms with Crippen LogP contribution >= 0.6 is 0 Å². The molecule has 1 saturated heterocycles. The van der Waals surface area contributed by atoms with Crippen LogP contribution in [0.25, 0.3) is 0 Å². The van der Waals surface area contributed by atoms with Gasteiger partial charge in [-0.25, -0.2) is 0 Å². The van der Waals surface area contributed by atoms with Gasteiger partial charge in [-0.1, -0.05) is 24.8 Å². The third-order valence-electron chi connectivity index (χ3n) is 5.27. The van der Waals surface area contributed by atoms with Crippen LogP contribution in [0.1, 0.15) is 33.6 Å². The standard InChI is InChI=1S/C22H23N3O3/c1-2-15-28-17-9-7-16(8-10-17)21(27)25-13-11-22(12-14-25)23-19-6-4-3-5-18(19)20(26)24-22/h2-10,23H,1,11-15H2,(H,24,26). The van der Waals surface area contributed by atoms with Crippen molar-refractivity contribution in [2.24, 2.45) is 0 Å². The van der Waals surface area contributed by atoms with Crippen LogP contribution < -0.4 is 15.4 Å². The molecule has 6 nitrogen and oxygen atoms in total. The van der Waals surface area contributed by atoms with E-state index in [1.165, 1.54) is 0 Å². The quantitative estimate of drug-likeness (QED) is 0.804. The van der Waals surface area contributed by atoms with Crippen LogP contribution in [0.2, 0.25) is 0 Å². The maximum atomic E-state index is 12.8. The number of likely N-dealkylation sites (tertiary alicyclic amines) is 1. The van der Waals surface area contributed by atoms with Crippen molar-refractivity contribution in [3.05, 3.63) is 72.3 Å². The van der Waals surface area contributed by atoms with Crippen molar-refractivity contribution in [3.8, 4) is 5.75 Å². The highest BCUT2D eigenvalue weighted by molar-refractivity contribution is 6.02. The first-order valence-electron chi connectivity index (χ1n) is 9.43. The van der Waals surface area contributed by atoms with Crippen LogP contribution in [0.3, 0.4) is 0 Å². The van der Waals surface area contributed by atoms with Crippen molar-refractivity contribution in [3.63, 3.8) is 0 Å². The number of carbonyl (C=O) groups excluding carboxylic acids is 2. The topological polar surface area (TPSA) is 70.7 Å². The molecule has 2 heterocycles. The summed E-state index contributed by atoms with van der Waals surface area (Å²) < 4.78 is 5.46. The largest absolute Gasteiger partial charge is 0.490 e. The smallest absolute Gasteiger partial charge is 0.255 e. The van der Waals surface area contributed by atoms with Crippen molar-refractivity contribution in [1.29, 1.82) is 0 Å². The highest BCUT2D eigenvalue weighted by Gasteiger charge is 2.40. The summed E-state index contributed by atoms with van der Waals surface area (Å²) in [6, 6.07) is 14.6. The van der Waals surface area contributed by atoms with Crippen LogP contribution in [0.4, 0.5) is 5.69 Å². The van der Waals surface area contributed by atoms with E-state index in [1.807, 2.05) is 29.2 Å². The average molecular weight is 377 g/mol. The number of amides is 2. The van der Waals surface area contributed by atoms with Crippen molar-refractivity contribution in [2.75, 3.05) is 25.0 Å². The van der Waals surface area contributed by atoms with E-state index in [4.69, 9.17) is 4.74 Å². The molecule has 28 heavy (non-hydrogen) atoms. The minimum Gasteiger partial charge on any atom is -0.490 e. The molecule has 2 aliphatic heterocycles. The zero-order chi connectivity index (χ0) is 19.6. The third kappa shape index (κ3) is 3.45. The molecule has 1 spiro atoms.